The Bertz CT molecular complexity index is 1430. The maximum Gasteiger partial charge on any atom is 0.251 e. The minimum absolute atomic E-state index is 0.390. The lowest BCUT2D eigenvalue weighted by molar-refractivity contribution is -0.118. The molecule has 35 heavy (non-hydrogen) atoms. The number of carbonyl (C=O) groups excluding carboxylic acids is 2. The fourth-order valence-electron chi connectivity index (χ4n) is 4.50. The molecule has 0 unspecified atom stereocenters. The normalized spacial score (nSPS) is 17.0. The number of anilines is 1. The monoisotopic (exact) mass is 472 g/mol. The van der Waals surface area contributed by atoms with Crippen molar-refractivity contribution >= 4 is 17.6 Å². The van der Waals surface area contributed by atoms with Crippen molar-refractivity contribution in [2.75, 3.05) is 5.32 Å². The molecular formula is C27H22F2N4O2. The fourth-order valence-corrected chi connectivity index (χ4v) is 4.50. The molecule has 0 aliphatic carbocycles. The Labute approximate surface area is 200 Å². The van der Waals surface area contributed by atoms with E-state index in [2.05, 4.69) is 15.7 Å². The Morgan fingerprint density at radius 2 is 1.63 bits per heavy atom. The predicted octanol–water partition coefficient (Wildman–Crippen LogP) is 4.65. The van der Waals surface area contributed by atoms with Gasteiger partial charge >= 0.3 is 0 Å². The third-order valence-electron chi connectivity index (χ3n) is 6.14. The Morgan fingerprint density at radius 1 is 0.971 bits per heavy atom. The maximum absolute atomic E-state index is 13.7. The van der Waals surface area contributed by atoms with Crippen molar-refractivity contribution in [3.8, 4) is 5.69 Å². The number of rotatable bonds is 4. The third kappa shape index (κ3) is 4.19. The van der Waals surface area contributed by atoms with E-state index in [1.54, 1.807) is 49.4 Å². The molecule has 6 nitrogen and oxygen atoms in total. The lowest BCUT2D eigenvalue weighted by Crippen LogP contribution is -2.50. The van der Waals surface area contributed by atoms with Crippen LogP contribution in [-0.2, 0) is 4.79 Å². The predicted molar refractivity (Wildman–Crippen MR) is 128 cm³/mol. The first kappa shape index (κ1) is 22.5. The van der Waals surface area contributed by atoms with E-state index < -0.39 is 35.4 Å². The summed E-state index contributed by atoms with van der Waals surface area (Å²) in [7, 11) is 0. The molecule has 2 N–H and O–H groups in total. The second-order valence-corrected chi connectivity index (χ2v) is 8.57. The Balaban J connectivity index is 1.62. The Morgan fingerprint density at radius 3 is 2.29 bits per heavy atom. The van der Waals surface area contributed by atoms with Gasteiger partial charge in [-0.1, -0.05) is 29.8 Å². The number of halogens is 2. The molecule has 0 saturated carbocycles. The summed E-state index contributed by atoms with van der Waals surface area (Å²) in [5.41, 5.74) is 3.87. The first-order chi connectivity index (χ1) is 16.8. The van der Waals surface area contributed by atoms with Crippen LogP contribution in [0.3, 0.4) is 0 Å². The molecule has 5 rings (SSSR count). The summed E-state index contributed by atoms with van der Waals surface area (Å²) in [4.78, 5) is 26.5. The molecule has 2 atom stereocenters. The fraction of sp³-hybridized carbons (Fsp3) is 0.148. The molecule has 1 aliphatic rings. The van der Waals surface area contributed by atoms with Crippen LogP contribution >= 0.6 is 0 Å². The molecule has 2 heterocycles. The highest BCUT2D eigenvalue weighted by Gasteiger charge is 2.41. The number of aryl methyl sites for hydroxylation is 2. The van der Waals surface area contributed by atoms with E-state index >= 15 is 0 Å². The second-order valence-electron chi connectivity index (χ2n) is 8.57. The molecule has 0 bridgehead atoms. The van der Waals surface area contributed by atoms with Crippen LogP contribution in [0.15, 0.2) is 72.8 Å². The number of hydrogen-bond donors (Lipinski definition) is 2. The molecule has 1 aromatic heterocycles. The molecule has 0 saturated heterocycles. The van der Waals surface area contributed by atoms with Crippen molar-refractivity contribution in [2.24, 2.45) is 0 Å². The van der Waals surface area contributed by atoms with Crippen molar-refractivity contribution in [2.45, 2.75) is 25.8 Å². The van der Waals surface area contributed by atoms with Crippen molar-refractivity contribution in [1.82, 2.24) is 15.1 Å². The van der Waals surface area contributed by atoms with Gasteiger partial charge in [0.2, 0.25) is 5.91 Å². The van der Waals surface area contributed by atoms with Crippen molar-refractivity contribution in [3.63, 3.8) is 0 Å². The van der Waals surface area contributed by atoms with Gasteiger partial charge in [0, 0.05) is 17.0 Å². The van der Waals surface area contributed by atoms with Gasteiger partial charge in [0.15, 0.2) is 0 Å². The molecule has 176 valence electrons. The first-order valence-electron chi connectivity index (χ1n) is 11.1. The highest BCUT2D eigenvalue weighted by molar-refractivity contribution is 6.04. The zero-order chi connectivity index (χ0) is 24.7. The molecule has 1 aliphatic heterocycles. The highest BCUT2D eigenvalue weighted by atomic mass is 19.1. The second kappa shape index (κ2) is 8.79. The summed E-state index contributed by atoms with van der Waals surface area (Å²) in [5.74, 6) is -1.83. The summed E-state index contributed by atoms with van der Waals surface area (Å²) in [5, 5.41) is 10.3. The van der Waals surface area contributed by atoms with E-state index in [0.29, 0.717) is 33.9 Å². The summed E-state index contributed by atoms with van der Waals surface area (Å²) < 4.78 is 28.8. The van der Waals surface area contributed by atoms with Crippen LogP contribution in [0.1, 0.15) is 38.7 Å². The Kier molecular flexibility index (Phi) is 5.64. The summed E-state index contributed by atoms with van der Waals surface area (Å²) in [6.45, 7) is 3.68. The standard InChI is InChI=1S/C27H22F2N4O2/c1-15-4-3-5-18(14-15)26(34)30-24-23(17-6-8-19(28)9-7-17)22-16(2)32-33(25(22)31-27(24)35)21-12-10-20(29)11-13-21/h3-14,23-24H,1-2H3,(H,30,34)(H,31,35)/t23-,24+/m0/s1. The number of hydrogen-bond acceptors (Lipinski definition) is 3. The molecule has 8 heteroatoms. The minimum atomic E-state index is -0.967. The number of nitrogens with one attached hydrogen (secondary N) is 2. The van der Waals surface area contributed by atoms with Crippen LogP contribution in [0.25, 0.3) is 5.69 Å². The van der Waals surface area contributed by atoms with E-state index in [-0.39, 0.29) is 0 Å². The van der Waals surface area contributed by atoms with Gasteiger partial charge in [-0.25, -0.2) is 13.5 Å². The largest absolute Gasteiger partial charge is 0.339 e. The molecule has 0 radical (unpaired) electrons. The first-order valence-corrected chi connectivity index (χ1v) is 11.1. The van der Waals surface area contributed by atoms with Gasteiger partial charge in [-0.15, -0.1) is 0 Å². The van der Waals surface area contributed by atoms with Gasteiger partial charge in [0.25, 0.3) is 5.91 Å². The third-order valence-corrected chi connectivity index (χ3v) is 6.14. The van der Waals surface area contributed by atoms with Gasteiger partial charge in [-0.05, 0) is 67.9 Å². The highest BCUT2D eigenvalue weighted by Crippen LogP contribution is 2.40. The van der Waals surface area contributed by atoms with Gasteiger partial charge in [0.1, 0.15) is 23.5 Å². The van der Waals surface area contributed by atoms with Crippen LogP contribution in [0.2, 0.25) is 0 Å². The zero-order valence-corrected chi connectivity index (χ0v) is 19.0. The van der Waals surface area contributed by atoms with Crippen LogP contribution in [0.4, 0.5) is 14.6 Å². The quantitative estimate of drug-likeness (QED) is 0.454. The lowest BCUT2D eigenvalue weighted by Gasteiger charge is -2.32. The van der Waals surface area contributed by atoms with E-state index in [9.17, 15) is 18.4 Å². The SMILES string of the molecule is Cc1cccc(C(=O)N[C@H]2C(=O)Nc3c(c(C)nn3-c3ccc(F)cc3)[C@@H]2c2ccc(F)cc2)c1. The number of carbonyl (C=O) groups is 2. The van der Waals surface area contributed by atoms with Gasteiger partial charge in [0.05, 0.1) is 11.4 Å². The van der Waals surface area contributed by atoms with E-state index in [1.807, 2.05) is 13.0 Å². The number of benzene rings is 3. The van der Waals surface area contributed by atoms with Crippen LogP contribution in [-0.4, -0.2) is 27.6 Å². The number of fused-ring (bicyclic) bond motifs is 1. The van der Waals surface area contributed by atoms with Gasteiger partial charge < -0.3 is 10.6 Å². The molecule has 0 fully saturated rings. The topological polar surface area (TPSA) is 76.0 Å². The number of amides is 2. The number of nitrogens with zero attached hydrogens (tertiary/aromatic N) is 2. The van der Waals surface area contributed by atoms with E-state index in [1.165, 1.54) is 28.9 Å². The Hall–Kier alpha value is -4.33. The molecular weight excluding hydrogens is 450 g/mol. The molecule has 0 spiro atoms. The van der Waals surface area contributed by atoms with Gasteiger partial charge in [-0.2, -0.15) is 5.10 Å². The minimum Gasteiger partial charge on any atom is -0.339 e. The molecule has 3 aromatic carbocycles. The van der Waals surface area contributed by atoms with Gasteiger partial charge in [-0.3, -0.25) is 9.59 Å². The van der Waals surface area contributed by atoms with Crippen LogP contribution in [0, 0.1) is 25.5 Å². The average molecular weight is 472 g/mol. The van der Waals surface area contributed by atoms with E-state index in [4.69, 9.17) is 0 Å². The van der Waals surface area contributed by atoms with E-state index in [0.717, 1.165) is 5.56 Å². The van der Waals surface area contributed by atoms with Crippen molar-refractivity contribution in [3.05, 3.63) is 112 Å². The molecule has 4 aromatic rings. The maximum atomic E-state index is 13.7. The summed E-state index contributed by atoms with van der Waals surface area (Å²) >= 11 is 0. The van der Waals surface area contributed by atoms with Crippen molar-refractivity contribution < 1.29 is 18.4 Å². The van der Waals surface area contributed by atoms with Crippen LogP contribution < -0.4 is 10.6 Å². The lowest BCUT2D eigenvalue weighted by atomic mass is 9.82. The summed E-state index contributed by atoms with van der Waals surface area (Å²) in [6.07, 6.45) is 0. The number of aromatic nitrogens is 2. The summed E-state index contributed by atoms with van der Waals surface area (Å²) in [6, 6.07) is 17.7. The van der Waals surface area contributed by atoms with Crippen molar-refractivity contribution in [1.29, 1.82) is 0 Å². The van der Waals surface area contributed by atoms with Crippen LogP contribution in [0.5, 0.6) is 0 Å². The zero-order valence-electron chi connectivity index (χ0n) is 19.0. The smallest absolute Gasteiger partial charge is 0.251 e. The molecule has 2 amide bonds. The average Bonchev–Trinajstić information content (AvgIpc) is 3.16.